The Balaban J connectivity index is 2.51. The number of methoxy groups -OCH3 is 1. The number of aliphatic hydroxyl groups excluding tert-OH is 1. The predicted molar refractivity (Wildman–Crippen MR) is 121 cm³/mol. The maximum atomic E-state index is 12.3. The lowest BCUT2D eigenvalue weighted by Crippen LogP contribution is -2.14. The van der Waals surface area contributed by atoms with Crippen molar-refractivity contribution in [2.24, 2.45) is 4.99 Å². The number of carbonyl (C=O) groups is 2. The summed E-state index contributed by atoms with van der Waals surface area (Å²) in [4.78, 5) is 28.4. The van der Waals surface area contributed by atoms with Crippen LogP contribution in [-0.2, 0) is 14.3 Å². The first-order chi connectivity index (χ1) is 14.4. The number of nitrogens with zero attached hydrogens (tertiary/aromatic N) is 1. The Morgan fingerprint density at radius 1 is 1.33 bits per heavy atom. The van der Waals surface area contributed by atoms with E-state index in [-0.39, 0.29) is 29.4 Å². The standard InChI is InChI=1S/C21H22BrNO6S/c1-5-8-29-19-13(22)9-12(10-14(19)27-4)11-15-18(25)17(21(26)28-7-3)20(30-15)23-16(24)6-2/h5,9-11,25H,1,6-8H2,2-4H3/b15-11-,23-20?. The van der Waals surface area contributed by atoms with Crippen LogP contribution in [0.2, 0.25) is 0 Å². The molecule has 9 heteroatoms. The topological polar surface area (TPSA) is 94.4 Å². The Morgan fingerprint density at radius 2 is 2.07 bits per heavy atom. The van der Waals surface area contributed by atoms with Crippen LogP contribution in [0.4, 0.5) is 0 Å². The van der Waals surface area contributed by atoms with E-state index in [9.17, 15) is 14.7 Å². The van der Waals surface area contributed by atoms with Crippen LogP contribution >= 0.6 is 27.7 Å². The van der Waals surface area contributed by atoms with Crippen LogP contribution in [0.3, 0.4) is 0 Å². The lowest BCUT2D eigenvalue weighted by atomic mass is 10.1. The molecule has 7 nitrogen and oxygen atoms in total. The number of carbonyl (C=O) groups excluding carboxylic acids is 2. The molecule has 1 aromatic rings. The fraction of sp³-hybridized carbons (Fsp3) is 0.286. The zero-order chi connectivity index (χ0) is 22.3. The van der Waals surface area contributed by atoms with Gasteiger partial charge in [0.25, 0.3) is 0 Å². The van der Waals surface area contributed by atoms with Crippen LogP contribution in [0.5, 0.6) is 11.5 Å². The highest BCUT2D eigenvalue weighted by Gasteiger charge is 2.33. The molecule has 0 spiro atoms. The van der Waals surface area contributed by atoms with Gasteiger partial charge in [0, 0.05) is 6.42 Å². The molecule has 0 saturated carbocycles. The summed E-state index contributed by atoms with van der Waals surface area (Å²) < 4.78 is 16.7. The molecule has 1 heterocycles. The maximum Gasteiger partial charge on any atom is 0.344 e. The van der Waals surface area contributed by atoms with Gasteiger partial charge in [-0.3, -0.25) is 4.79 Å². The molecular formula is C21H22BrNO6S. The van der Waals surface area contributed by atoms with Crippen molar-refractivity contribution in [3.63, 3.8) is 0 Å². The van der Waals surface area contributed by atoms with Gasteiger partial charge in [0.2, 0.25) is 5.91 Å². The molecule has 1 N–H and O–H groups in total. The number of aliphatic hydroxyl groups is 1. The van der Waals surface area contributed by atoms with Crippen molar-refractivity contribution in [3.8, 4) is 11.5 Å². The minimum atomic E-state index is -0.736. The number of thioether (sulfide) groups is 1. The third kappa shape index (κ3) is 5.54. The highest BCUT2D eigenvalue weighted by molar-refractivity contribution is 9.10. The summed E-state index contributed by atoms with van der Waals surface area (Å²) in [7, 11) is 1.52. The number of aliphatic imine (C=N–C) groups is 1. The first-order valence-electron chi connectivity index (χ1n) is 9.09. The van der Waals surface area contributed by atoms with E-state index in [2.05, 4.69) is 27.5 Å². The largest absolute Gasteiger partial charge is 0.506 e. The predicted octanol–water partition coefficient (Wildman–Crippen LogP) is 4.82. The summed E-state index contributed by atoms with van der Waals surface area (Å²) in [6.07, 6.45) is 3.45. The molecule has 0 aliphatic carbocycles. The van der Waals surface area contributed by atoms with Crippen molar-refractivity contribution >= 4 is 50.7 Å². The van der Waals surface area contributed by atoms with Gasteiger partial charge in [0.15, 0.2) is 11.5 Å². The van der Waals surface area contributed by atoms with Gasteiger partial charge in [-0.1, -0.05) is 31.3 Å². The Hall–Kier alpha value is -2.52. The molecule has 1 aliphatic heterocycles. The van der Waals surface area contributed by atoms with E-state index in [0.29, 0.717) is 33.0 Å². The molecule has 0 radical (unpaired) electrons. The maximum absolute atomic E-state index is 12.3. The number of benzene rings is 1. The third-order valence-electron chi connectivity index (χ3n) is 3.79. The zero-order valence-corrected chi connectivity index (χ0v) is 19.3. The molecule has 0 unspecified atom stereocenters. The van der Waals surface area contributed by atoms with Crippen LogP contribution in [0.1, 0.15) is 25.8 Å². The molecule has 0 bridgehead atoms. The van der Waals surface area contributed by atoms with Crippen molar-refractivity contribution in [3.05, 3.63) is 51.1 Å². The lowest BCUT2D eigenvalue weighted by molar-refractivity contribution is -0.138. The first-order valence-corrected chi connectivity index (χ1v) is 10.7. The highest BCUT2D eigenvalue weighted by Crippen LogP contribution is 2.41. The second kappa shape index (κ2) is 11.0. The smallest absolute Gasteiger partial charge is 0.344 e. The minimum absolute atomic E-state index is 0.112. The molecule has 1 amide bonds. The number of halogens is 1. The Kier molecular flexibility index (Phi) is 8.73. The van der Waals surface area contributed by atoms with Crippen molar-refractivity contribution in [1.82, 2.24) is 0 Å². The van der Waals surface area contributed by atoms with E-state index in [4.69, 9.17) is 14.2 Å². The Morgan fingerprint density at radius 3 is 2.67 bits per heavy atom. The van der Waals surface area contributed by atoms with E-state index in [1.807, 2.05) is 0 Å². The number of hydrogen-bond acceptors (Lipinski definition) is 7. The van der Waals surface area contributed by atoms with Gasteiger partial charge in [-0.05, 0) is 46.6 Å². The molecule has 0 saturated heterocycles. The van der Waals surface area contributed by atoms with E-state index in [1.165, 1.54) is 7.11 Å². The minimum Gasteiger partial charge on any atom is -0.506 e. The normalized spacial score (nSPS) is 16.1. The number of hydrogen-bond donors (Lipinski definition) is 1. The fourth-order valence-electron chi connectivity index (χ4n) is 2.44. The second-order valence-electron chi connectivity index (χ2n) is 5.85. The monoisotopic (exact) mass is 495 g/mol. The summed E-state index contributed by atoms with van der Waals surface area (Å²) in [6.45, 7) is 7.38. The molecule has 0 fully saturated rings. The quantitative estimate of drug-likeness (QED) is 0.407. The van der Waals surface area contributed by atoms with Crippen molar-refractivity contribution < 1.29 is 28.9 Å². The SMILES string of the molecule is C=CCOc1c(Br)cc(/C=C2\SC(=NC(=O)CC)C(C(=O)OCC)=C2O)cc1OC. The molecular weight excluding hydrogens is 474 g/mol. The van der Waals surface area contributed by atoms with E-state index >= 15 is 0 Å². The molecule has 160 valence electrons. The molecule has 0 aromatic heterocycles. The molecule has 0 atom stereocenters. The molecule has 1 aliphatic rings. The van der Waals surface area contributed by atoms with Crippen LogP contribution in [0.15, 0.2) is 50.5 Å². The zero-order valence-electron chi connectivity index (χ0n) is 16.9. The highest BCUT2D eigenvalue weighted by atomic mass is 79.9. The van der Waals surface area contributed by atoms with Gasteiger partial charge >= 0.3 is 5.97 Å². The first kappa shape index (κ1) is 23.8. The van der Waals surface area contributed by atoms with Gasteiger partial charge < -0.3 is 19.3 Å². The fourth-order valence-corrected chi connectivity index (χ4v) is 4.05. The van der Waals surface area contributed by atoms with Gasteiger partial charge in [-0.2, -0.15) is 0 Å². The van der Waals surface area contributed by atoms with Crippen molar-refractivity contribution in [2.45, 2.75) is 20.3 Å². The summed E-state index contributed by atoms with van der Waals surface area (Å²) >= 11 is 4.47. The van der Waals surface area contributed by atoms with Gasteiger partial charge in [-0.25, -0.2) is 9.79 Å². The number of amides is 1. The summed E-state index contributed by atoms with van der Waals surface area (Å²) in [5.41, 5.74) is 0.553. The summed E-state index contributed by atoms with van der Waals surface area (Å²) in [5.74, 6) is -0.434. The average molecular weight is 496 g/mol. The van der Waals surface area contributed by atoms with Gasteiger partial charge in [0.1, 0.15) is 23.0 Å². The van der Waals surface area contributed by atoms with Crippen LogP contribution in [-0.4, -0.2) is 42.4 Å². The number of ether oxygens (including phenoxy) is 3. The van der Waals surface area contributed by atoms with Gasteiger partial charge in [0.05, 0.1) is 23.1 Å². The van der Waals surface area contributed by atoms with Gasteiger partial charge in [-0.15, -0.1) is 0 Å². The molecule has 30 heavy (non-hydrogen) atoms. The van der Waals surface area contributed by atoms with E-state index in [0.717, 1.165) is 11.8 Å². The van der Waals surface area contributed by atoms with Crippen LogP contribution in [0, 0.1) is 0 Å². The molecule has 2 rings (SSSR count). The third-order valence-corrected chi connectivity index (χ3v) is 5.40. The number of rotatable bonds is 8. The number of esters is 1. The lowest BCUT2D eigenvalue weighted by Gasteiger charge is -2.12. The summed E-state index contributed by atoms with van der Waals surface area (Å²) in [6, 6.07) is 3.50. The Bertz CT molecular complexity index is 951. The van der Waals surface area contributed by atoms with Crippen LogP contribution < -0.4 is 9.47 Å². The van der Waals surface area contributed by atoms with E-state index in [1.54, 1.807) is 38.1 Å². The molecule has 1 aromatic carbocycles. The second-order valence-corrected chi connectivity index (χ2v) is 7.74. The average Bonchev–Trinajstić information content (AvgIpc) is 3.01. The van der Waals surface area contributed by atoms with Crippen LogP contribution in [0.25, 0.3) is 6.08 Å². The van der Waals surface area contributed by atoms with Crippen molar-refractivity contribution in [2.75, 3.05) is 20.3 Å². The van der Waals surface area contributed by atoms with E-state index < -0.39 is 11.9 Å². The Labute approximate surface area is 187 Å². The van der Waals surface area contributed by atoms with Crippen molar-refractivity contribution in [1.29, 1.82) is 0 Å². The summed E-state index contributed by atoms with van der Waals surface area (Å²) in [5, 5.41) is 10.8.